The van der Waals surface area contributed by atoms with E-state index in [0.717, 1.165) is 37.7 Å². The van der Waals surface area contributed by atoms with Crippen LogP contribution in [0, 0.1) is 54.1 Å². The molecule has 3 saturated carbocycles. The number of benzene rings is 1. The third-order valence-electron chi connectivity index (χ3n) is 9.20. The first kappa shape index (κ1) is 23.5. The molecule has 0 aromatic heterocycles. The number of allylic oxidation sites excluding steroid dienone is 4. The summed E-state index contributed by atoms with van der Waals surface area (Å²) in [5, 5.41) is 10.8. The molecule has 0 amide bonds. The fourth-order valence-corrected chi connectivity index (χ4v) is 7.05. The van der Waals surface area contributed by atoms with Gasteiger partial charge in [-0.2, -0.15) is 0 Å². The van der Waals surface area contributed by atoms with Crippen LogP contribution in [0.5, 0.6) is 0 Å². The minimum absolute atomic E-state index is 0.0521. The zero-order valence-corrected chi connectivity index (χ0v) is 20.2. The SMILES string of the molecule is C#CC1CC1.Cc1c(F)cc(C2CC3(C)C(O)CCC3C3CCC4=CC(=O)CCC4=C23)cc1F. The van der Waals surface area contributed by atoms with Crippen LogP contribution in [-0.4, -0.2) is 17.0 Å². The summed E-state index contributed by atoms with van der Waals surface area (Å²) in [4.78, 5) is 12.0. The lowest BCUT2D eigenvalue weighted by atomic mass is 9.53. The molecule has 0 saturated heterocycles. The van der Waals surface area contributed by atoms with Gasteiger partial charge in [0.05, 0.1) is 6.10 Å². The lowest BCUT2D eigenvalue weighted by Crippen LogP contribution is -2.45. The lowest BCUT2D eigenvalue weighted by Gasteiger charge is -2.52. The van der Waals surface area contributed by atoms with Crippen molar-refractivity contribution in [3.8, 4) is 12.3 Å². The molecule has 180 valence electrons. The molecular formula is C30H34F2O2. The van der Waals surface area contributed by atoms with Crippen LogP contribution in [0.25, 0.3) is 0 Å². The van der Waals surface area contributed by atoms with Gasteiger partial charge in [0.25, 0.3) is 0 Å². The van der Waals surface area contributed by atoms with Gasteiger partial charge in [0, 0.05) is 23.8 Å². The first-order chi connectivity index (χ1) is 16.2. The van der Waals surface area contributed by atoms with Gasteiger partial charge in [-0.15, -0.1) is 12.3 Å². The van der Waals surface area contributed by atoms with Crippen LogP contribution in [0.1, 0.15) is 81.8 Å². The fraction of sp³-hybridized carbons (Fsp3) is 0.567. The van der Waals surface area contributed by atoms with Crippen LogP contribution in [0.3, 0.4) is 0 Å². The number of ketones is 1. The second-order valence-corrected chi connectivity index (χ2v) is 11.2. The summed E-state index contributed by atoms with van der Waals surface area (Å²) in [7, 11) is 0. The summed E-state index contributed by atoms with van der Waals surface area (Å²) >= 11 is 0. The summed E-state index contributed by atoms with van der Waals surface area (Å²) in [6.07, 6.45) is 14.6. The molecule has 5 unspecified atom stereocenters. The second-order valence-electron chi connectivity index (χ2n) is 11.2. The van der Waals surface area contributed by atoms with Crippen LogP contribution in [0.15, 0.2) is 34.9 Å². The number of halogens is 2. The highest BCUT2D eigenvalue weighted by Gasteiger charge is 2.56. The van der Waals surface area contributed by atoms with Crippen LogP contribution >= 0.6 is 0 Å². The van der Waals surface area contributed by atoms with Gasteiger partial charge in [-0.1, -0.05) is 12.5 Å². The number of terminal acetylenes is 1. The van der Waals surface area contributed by atoms with Crippen LogP contribution in [0.2, 0.25) is 0 Å². The average molecular weight is 465 g/mol. The van der Waals surface area contributed by atoms with Crippen molar-refractivity contribution in [2.45, 2.75) is 83.7 Å². The molecule has 5 aliphatic carbocycles. The maximum atomic E-state index is 14.5. The van der Waals surface area contributed by atoms with E-state index < -0.39 is 11.6 Å². The molecule has 4 heteroatoms. The van der Waals surface area contributed by atoms with Crippen LogP contribution in [-0.2, 0) is 4.79 Å². The molecule has 3 fully saturated rings. The number of carbonyl (C=O) groups is 1. The Bertz CT molecular complexity index is 1100. The van der Waals surface area contributed by atoms with Crippen molar-refractivity contribution in [1.29, 1.82) is 0 Å². The number of hydrogen-bond donors (Lipinski definition) is 1. The van der Waals surface area contributed by atoms with E-state index in [1.807, 2.05) is 0 Å². The van der Waals surface area contributed by atoms with Gasteiger partial charge in [-0.25, -0.2) is 8.78 Å². The molecule has 1 aromatic carbocycles. The van der Waals surface area contributed by atoms with Crippen molar-refractivity contribution < 1.29 is 18.7 Å². The Morgan fingerprint density at radius 3 is 2.38 bits per heavy atom. The predicted molar refractivity (Wildman–Crippen MR) is 129 cm³/mol. The summed E-state index contributed by atoms with van der Waals surface area (Å²) in [6, 6.07) is 2.98. The third kappa shape index (κ3) is 3.97. The van der Waals surface area contributed by atoms with Gasteiger partial charge < -0.3 is 5.11 Å². The highest BCUT2D eigenvalue weighted by atomic mass is 19.1. The molecule has 0 aliphatic heterocycles. The monoisotopic (exact) mass is 464 g/mol. The van der Waals surface area contributed by atoms with Gasteiger partial charge >= 0.3 is 0 Å². The zero-order valence-electron chi connectivity index (χ0n) is 20.2. The minimum Gasteiger partial charge on any atom is -0.393 e. The van der Waals surface area contributed by atoms with Crippen molar-refractivity contribution in [2.75, 3.05) is 0 Å². The first-order valence-corrected chi connectivity index (χ1v) is 12.8. The Morgan fingerprint density at radius 1 is 1.06 bits per heavy atom. The van der Waals surface area contributed by atoms with Gasteiger partial charge in [-0.05, 0) is 110 Å². The first-order valence-electron chi connectivity index (χ1n) is 12.8. The van der Waals surface area contributed by atoms with E-state index in [4.69, 9.17) is 6.42 Å². The van der Waals surface area contributed by atoms with Gasteiger partial charge in [0.1, 0.15) is 11.6 Å². The second kappa shape index (κ2) is 8.76. The number of carbonyl (C=O) groups excluding carboxylic acids is 1. The quantitative estimate of drug-likeness (QED) is 0.478. The number of fused-ring (bicyclic) bond motifs is 4. The van der Waals surface area contributed by atoms with Crippen molar-refractivity contribution in [3.63, 3.8) is 0 Å². The topological polar surface area (TPSA) is 37.3 Å². The summed E-state index contributed by atoms with van der Waals surface area (Å²) in [5.74, 6) is 3.09. The fourth-order valence-electron chi connectivity index (χ4n) is 7.05. The van der Waals surface area contributed by atoms with Crippen molar-refractivity contribution in [3.05, 3.63) is 57.7 Å². The molecule has 1 aromatic rings. The smallest absolute Gasteiger partial charge is 0.156 e. The molecule has 5 aliphatic rings. The van der Waals surface area contributed by atoms with E-state index in [2.05, 4.69) is 12.8 Å². The summed E-state index contributed by atoms with van der Waals surface area (Å²) < 4.78 is 29.0. The van der Waals surface area contributed by atoms with Gasteiger partial charge in [0.15, 0.2) is 5.78 Å². The van der Waals surface area contributed by atoms with E-state index in [1.165, 1.54) is 43.0 Å². The molecule has 0 heterocycles. The molecule has 0 radical (unpaired) electrons. The maximum absolute atomic E-state index is 14.5. The molecule has 1 N–H and O–H groups in total. The molecule has 6 rings (SSSR count). The van der Waals surface area contributed by atoms with E-state index in [9.17, 15) is 18.7 Å². The van der Waals surface area contributed by atoms with Crippen LogP contribution in [0.4, 0.5) is 8.78 Å². The normalized spacial score (nSPS) is 34.2. The van der Waals surface area contributed by atoms with E-state index in [0.29, 0.717) is 36.2 Å². The molecule has 5 atom stereocenters. The Labute approximate surface area is 201 Å². The number of aliphatic hydroxyl groups is 1. The highest BCUT2D eigenvalue weighted by molar-refractivity contribution is 5.93. The Kier molecular flexibility index (Phi) is 6.05. The minimum atomic E-state index is -0.508. The highest BCUT2D eigenvalue weighted by Crippen LogP contribution is 2.63. The zero-order chi connectivity index (χ0) is 24.2. The van der Waals surface area contributed by atoms with E-state index in [-0.39, 0.29) is 28.8 Å². The predicted octanol–water partition coefficient (Wildman–Crippen LogP) is 6.56. The summed E-state index contributed by atoms with van der Waals surface area (Å²) in [6.45, 7) is 3.63. The maximum Gasteiger partial charge on any atom is 0.156 e. The molecular weight excluding hydrogens is 430 g/mol. The van der Waals surface area contributed by atoms with Gasteiger partial charge in [0.2, 0.25) is 0 Å². The van der Waals surface area contributed by atoms with E-state index in [1.54, 1.807) is 6.08 Å². The van der Waals surface area contributed by atoms with Crippen molar-refractivity contribution >= 4 is 5.78 Å². The Morgan fingerprint density at radius 2 is 1.76 bits per heavy atom. The average Bonchev–Trinajstić information content (AvgIpc) is 3.61. The molecule has 34 heavy (non-hydrogen) atoms. The third-order valence-corrected chi connectivity index (χ3v) is 9.20. The van der Waals surface area contributed by atoms with Crippen molar-refractivity contribution in [1.82, 2.24) is 0 Å². The van der Waals surface area contributed by atoms with Crippen LogP contribution < -0.4 is 0 Å². The Hall–Kier alpha value is -2.25. The Balaban J connectivity index is 0.000000429. The number of rotatable bonds is 1. The standard InChI is InChI=1S/C25H28F2O2.C5H6/c1-13-21(26)10-15(11-22(13)27)19-12-25(2)20(7-8-23(25)29)18-5-3-14-9-16(28)4-6-17(14)24(18)19;1-2-5-3-4-5/h9-11,18-20,23,29H,3-8,12H2,1-2H3;1,5H,3-4H2. The van der Waals surface area contributed by atoms with E-state index >= 15 is 0 Å². The molecule has 0 spiro atoms. The van der Waals surface area contributed by atoms with Gasteiger partial charge in [-0.3, -0.25) is 4.79 Å². The largest absolute Gasteiger partial charge is 0.393 e. The lowest BCUT2D eigenvalue weighted by molar-refractivity contribution is -0.114. The molecule has 2 nitrogen and oxygen atoms in total. The molecule has 0 bridgehead atoms. The van der Waals surface area contributed by atoms with Crippen molar-refractivity contribution in [2.24, 2.45) is 23.2 Å². The summed E-state index contributed by atoms with van der Waals surface area (Å²) in [5.41, 5.74) is 4.19. The number of hydrogen-bond acceptors (Lipinski definition) is 2. The number of aliphatic hydroxyl groups excluding tert-OH is 1.